The fourth-order valence-corrected chi connectivity index (χ4v) is 3.76. The van der Waals surface area contributed by atoms with E-state index >= 15 is 0 Å². The number of nitrogens with one attached hydrogen (secondary N) is 3. The molecule has 8 heteroatoms. The molecule has 3 N–H and O–H groups in total. The molecule has 0 spiro atoms. The topological polar surface area (TPSA) is 92.4 Å². The SMILES string of the molecule is COc1ccc(NC(=O)Cc2csc(NC(=O)NC3CCCCC3)n2)cc1. The average Bonchev–Trinajstić information content (AvgIpc) is 3.09. The highest BCUT2D eigenvalue weighted by molar-refractivity contribution is 7.13. The second-order valence-electron chi connectivity index (χ2n) is 6.53. The minimum Gasteiger partial charge on any atom is -0.497 e. The molecule has 1 heterocycles. The van der Waals surface area contributed by atoms with Crippen LogP contribution in [0.2, 0.25) is 0 Å². The molecule has 1 aromatic carbocycles. The van der Waals surface area contributed by atoms with E-state index in [1.54, 1.807) is 36.8 Å². The monoisotopic (exact) mass is 388 g/mol. The summed E-state index contributed by atoms with van der Waals surface area (Å²) in [7, 11) is 1.59. The number of ether oxygens (including phenoxy) is 1. The van der Waals surface area contributed by atoms with E-state index in [0.717, 1.165) is 31.4 Å². The second kappa shape index (κ2) is 9.36. The molecule has 1 aliphatic rings. The Morgan fingerprint density at radius 2 is 1.89 bits per heavy atom. The van der Waals surface area contributed by atoms with Gasteiger partial charge >= 0.3 is 6.03 Å². The maximum Gasteiger partial charge on any atom is 0.321 e. The number of thiazole rings is 1. The van der Waals surface area contributed by atoms with Gasteiger partial charge in [0.1, 0.15) is 5.75 Å². The van der Waals surface area contributed by atoms with E-state index in [2.05, 4.69) is 20.9 Å². The van der Waals surface area contributed by atoms with Gasteiger partial charge in [-0.3, -0.25) is 10.1 Å². The zero-order chi connectivity index (χ0) is 19.1. The number of methoxy groups -OCH3 is 1. The maximum absolute atomic E-state index is 12.2. The van der Waals surface area contributed by atoms with Gasteiger partial charge < -0.3 is 15.4 Å². The zero-order valence-corrected chi connectivity index (χ0v) is 16.1. The molecule has 0 unspecified atom stereocenters. The predicted octanol–water partition coefficient (Wildman–Crippen LogP) is 3.79. The van der Waals surface area contributed by atoms with E-state index in [1.165, 1.54) is 17.8 Å². The van der Waals surface area contributed by atoms with Crippen molar-refractivity contribution in [2.45, 2.75) is 44.6 Å². The van der Waals surface area contributed by atoms with Crippen LogP contribution in [0.4, 0.5) is 15.6 Å². The Morgan fingerprint density at radius 3 is 2.59 bits per heavy atom. The number of aromatic nitrogens is 1. The van der Waals surface area contributed by atoms with Gasteiger partial charge in [0.05, 0.1) is 19.2 Å². The number of hydrogen-bond acceptors (Lipinski definition) is 5. The molecular formula is C19H24N4O3S. The Kier molecular flexibility index (Phi) is 6.64. The van der Waals surface area contributed by atoms with Crippen LogP contribution < -0.4 is 20.7 Å². The van der Waals surface area contributed by atoms with Crippen molar-refractivity contribution in [1.82, 2.24) is 10.3 Å². The van der Waals surface area contributed by atoms with Gasteiger partial charge in [-0.1, -0.05) is 19.3 Å². The van der Waals surface area contributed by atoms with Crippen molar-refractivity contribution in [3.63, 3.8) is 0 Å². The van der Waals surface area contributed by atoms with Crippen LogP contribution in [0.25, 0.3) is 0 Å². The number of anilines is 2. The standard InChI is InChI=1S/C19H24N4O3S/c1-26-16-9-7-14(8-10-16)20-17(24)11-15-12-27-19(22-15)23-18(25)21-13-5-3-2-4-6-13/h7-10,12-13H,2-6,11H2,1H3,(H,20,24)(H2,21,22,23,25). The molecule has 3 amide bonds. The molecule has 144 valence electrons. The first-order valence-corrected chi connectivity index (χ1v) is 9.96. The van der Waals surface area contributed by atoms with Crippen LogP contribution in [-0.4, -0.2) is 30.1 Å². The summed E-state index contributed by atoms with van der Waals surface area (Å²) in [5.74, 6) is 0.568. The number of carbonyl (C=O) groups is 2. The number of carbonyl (C=O) groups excluding carboxylic acids is 2. The van der Waals surface area contributed by atoms with Gasteiger partial charge in [0.2, 0.25) is 5.91 Å². The lowest BCUT2D eigenvalue weighted by molar-refractivity contribution is -0.115. The Morgan fingerprint density at radius 1 is 1.15 bits per heavy atom. The minimum atomic E-state index is -0.231. The van der Waals surface area contributed by atoms with Crippen LogP contribution in [0.1, 0.15) is 37.8 Å². The molecule has 1 aliphatic carbocycles. The summed E-state index contributed by atoms with van der Waals surface area (Å²) in [6, 6.07) is 7.14. The fraction of sp³-hybridized carbons (Fsp3) is 0.421. The van der Waals surface area contributed by atoms with Crippen molar-refractivity contribution in [3.8, 4) is 5.75 Å². The summed E-state index contributed by atoms with van der Waals surface area (Å²) >= 11 is 1.31. The molecule has 0 atom stereocenters. The van der Waals surface area contributed by atoms with E-state index in [9.17, 15) is 9.59 Å². The van der Waals surface area contributed by atoms with Crippen LogP contribution in [0.3, 0.4) is 0 Å². The molecule has 2 aromatic rings. The summed E-state index contributed by atoms with van der Waals surface area (Å²) in [5, 5.41) is 10.8. The van der Waals surface area contributed by atoms with E-state index in [0.29, 0.717) is 16.5 Å². The molecule has 27 heavy (non-hydrogen) atoms. The van der Waals surface area contributed by atoms with Crippen molar-refractivity contribution in [1.29, 1.82) is 0 Å². The van der Waals surface area contributed by atoms with Crippen LogP contribution in [0.15, 0.2) is 29.6 Å². The number of hydrogen-bond donors (Lipinski definition) is 3. The molecule has 1 fully saturated rings. The van der Waals surface area contributed by atoms with Crippen molar-refractivity contribution >= 4 is 34.1 Å². The lowest BCUT2D eigenvalue weighted by Crippen LogP contribution is -2.39. The lowest BCUT2D eigenvalue weighted by Gasteiger charge is -2.22. The van der Waals surface area contributed by atoms with Crippen LogP contribution in [0, 0.1) is 0 Å². The number of nitrogens with zero attached hydrogens (tertiary/aromatic N) is 1. The van der Waals surface area contributed by atoms with Gasteiger partial charge in [0.15, 0.2) is 5.13 Å². The van der Waals surface area contributed by atoms with Gasteiger partial charge in [-0.2, -0.15) is 0 Å². The van der Waals surface area contributed by atoms with E-state index in [4.69, 9.17) is 4.74 Å². The zero-order valence-electron chi connectivity index (χ0n) is 15.3. The van der Waals surface area contributed by atoms with Gasteiger partial charge in [0.25, 0.3) is 0 Å². The van der Waals surface area contributed by atoms with Gasteiger partial charge in [0, 0.05) is 17.1 Å². The second-order valence-corrected chi connectivity index (χ2v) is 7.39. The molecule has 0 aliphatic heterocycles. The largest absolute Gasteiger partial charge is 0.497 e. The maximum atomic E-state index is 12.2. The summed E-state index contributed by atoms with van der Waals surface area (Å²) in [6.07, 6.45) is 5.78. The van der Waals surface area contributed by atoms with E-state index < -0.39 is 0 Å². The van der Waals surface area contributed by atoms with Gasteiger partial charge in [-0.05, 0) is 37.1 Å². The first-order chi connectivity index (χ1) is 13.1. The molecule has 7 nitrogen and oxygen atoms in total. The molecule has 0 radical (unpaired) electrons. The number of amides is 3. The van der Waals surface area contributed by atoms with Crippen molar-refractivity contribution in [3.05, 3.63) is 35.3 Å². The van der Waals surface area contributed by atoms with E-state index in [1.807, 2.05) is 0 Å². The Bertz CT molecular complexity index is 770. The highest BCUT2D eigenvalue weighted by Gasteiger charge is 2.16. The highest BCUT2D eigenvalue weighted by atomic mass is 32.1. The number of benzene rings is 1. The number of rotatable bonds is 6. The fourth-order valence-electron chi connectivity index (χ4n) is 3.06. The summed E-state index contributed by atoms with van der Waals surface area (Å²) < 4.78 is 5.09. The van der Waals surface area contributed by atoms with Gasteiger partial charge in [-0.25, -0.2) is 9.78 Å². The Labute approximate surface area is 162 Å². The molecule has 3 rings (SSSR count). The molecule has 1 saturated carbocycles. The van der Waals surface area contributed by atoms with E-state index in [-0.39, 0.29) is 24.4 Å². The van der Waals surface area contributed by atoms with Crippen molar-refractivity contribution < 1.29 is 14.3 Å². The van der Waals surface area contributed by atoms with Crippen molar-refractivity contribution in [2.24, 2.45) is 0 Å². The molecule has 1 aromatic heterocycles. The normalized spacial score (nSPS) is 14.4. The summed E-state index contributed by atoms with van der Waals surface area (Å²) in [4.78, 5) is 28.5. The third kappa shape index (κ3) is 5.96. The lowest BCUT2D eigenvalue weighted by atomic mass is 9.96. The molecular weight excluding hydrogens is 364 g/mol. The Balaban J connectivity index is 1.46. The first kappa shape index (κ1) is 19.2. The van der Waals surface area contributed by atoms with Crippen LogP contribution >= 0.6 is 11.3 Å². The molecule has 0 bridgehead atoms. The number of urea groups is 1. The Hall–Kier alpha value is -2.61. The predicted molar refractivity (Wildman–Crippen MR) is 106 cm³/mol. The highest BCUT2D eigenvalue weighted by Crippen LogP contribution is 2.19. The third-order valence-corrected chi connectivity index (χ3v) is 5.23. The quantitative estimate of drug-likeness (QED) is 0.702. The van der Waals surface area contributed by atoms with Crippen molar-refractivity contribution in [2.75, 3.05) is 17.7 Å². The summed E-state index contributed by atoms with van der Waals surface area (Å²) in [6.45, 7) is 0. The average molecular weight is 388 g/mol. The third-order valence-electron chi connectivity index (χ3n) is 4.43. The smallest absolute Gasteiger partial charge is 0.321 e. The van der Waals surface area contributed by atoms with Gasteiger partial charge in [-0.15, -0.1) is 11.3 Å². The minimum absolute atomic E-state index is 0.147. The first-order valence-electron chi connectivity index (χ1n) is 9.08. The van der Waals surface area contributed by atoms with Crippen LogP contribution in [-0.2, 0) is 11.2 Å². The summed E-state index contributed by atoms with van der Waals surface area (Å²) in [5.41, 5.74) is 1.32. The molecule has 0 saturated heterocycles. The van der Waals surface area contributed by atoms with Crippen LogP contribution in [0.5, 0.6) is 5.75 Å².